The van der Waals surface area contributed by atoms with Crippen LogP contribution in [0.1, 0.15) is 18.9 Å². The third-order valence-corrected chi connectivity index (χ3v) is 2.69. The maximum atomic E-state index is 5.14. The summed E-state index contributed by atoms with van der Waals surface area (Å²) in [6.07, 6.45) is 2.89. The van der Waals surface area contributed by atoms with Gasteiger partial charge in [-0.2, -0.15) is 4.98 Å². The normalized spacial score (nSPS) is 12.9. The molecule has 0 fully saturated rings. The average molecular weight is 234 g/mol. The fourth-order valence-electron chi connectivity index (χ4n) is 1.69. The number of ether oxygens (including phenoxy) is 1. The summed E-state index contributed by atoms with van der Waals surface area (Å²) in [5.74, 6) is 0.652. The Morgan fingerprint density at radius 2 is 2.35 bits per heavy atom. The zero-order valence-electron chi connectivity index (χ0n) is 10.5. The van der Waals surface area contributed by atoms with E-state index in [4.69, 9.17) is 4.74 Å². The summed E-state index contributed by atoms with van der Waals surface area (Å²) in [5.41, 5.74) is 2.04. The number of nitrogens with one attached hydrogen (secondary N) is 1. The number of hydrogen-bond donors (Lipinski definition) is 1. The molecule has 1 N–H and O–H groups in total. The van der Waals surface area contributed by atoms with Crippen LogP contribution in [0.15, 0.2) is 18.3 Å². The van der Waals surface area contributed by atoms with Crippen molar-refractivity contribution < 1.29 is 4.74 Å². The van der Waals surface area contributed by atoms with Crippen molar-refractivity contribution in [2.75, 3.05) is 19.0 Å². The van der Waals surface area contributed by atoms with E-state index in [2.05, 4.69) is 22.3 Å². The van der Waals surface area contributed by atoms with E-state index in [1.807, 2.05) is 25.3 Å². The second kappa shape index (κ2) is 5.14. The highest BCUT2D eigenvalue weighted by Crippen LogP contribution is 2.09. The molecule has 92 valence electrons. The maximum Gasteiger partial charge on any atom is 0.243 e. The van der Waals surface area contributed by atoms with Crippen molar-refractivity contribution in [3.8, 4) is 0 Å². The molecule has 0 radical (unpaired) electrons. The minimum absolute atomic E-state index is 0.249. The second-order valence-electron chi connectivity index (χ2n) is 4.15. The maximum absolute atomic E-state index is 5.14. The lowest BCUT2D eigenvalue weighted by atomic mass is 10.2. The van der Waals surface area contributed by atoms with Crippen molar-refractivity contribution in [1.82, 2.24) is 14.6 Å². The molecule has 0 aliphatic rings. The molecule has 5 heteroatoms. The topological polar surface area (TPSA) is 51.5 Å². The van der Waals surface area contributed by atoms with E-state index < -0.39 is 0 Å². The molecule has 1 unspecified atom stereocenters. The van der Waals surface area contributed by atoms with Gasteiger partial charge < -0.3 is 10.1 Å². The number of fused-ring (bicyclic) bond motifs is 1. The van der Waals surface area contributed by atoms with Gasteiger partial charge in [0.2, 0.25) is 5.95 Å². The summed E-state index contributed by atoms with van der Waals surface area (Å²) < 4.78 is 6.91. The summed E-state index contributed by atoms with van der Waals surface area (Å²) in [6.45, 7) is 4.81. The minimum Gasteiger partial charge on any atom is -0.383 e. The number of anilines is 1. The third kappa shape index (κ3) is 2.74. The molecular weight excluding hydrogens is 216 g/mol. The monoisotopic (exact) mass is 234 g/mol. The fourth-order valence-corrected chi connectivity index (χ4v) is 1.69. The van der Waals surface area contributed by atoms with E-state index in [1.54, 1.807) is 11.6 Å². The highest BCUT2D eigenvalue weighted by Gasteiger charge is 2.09. The lowest BCUT2D eigenvalue weighted by molar-refractivity contribution is 0.184. The molecule has 0 saturated carbocycles. The molecule has 17 heavy (non-hydrogen) atoms. The number of pyridine rings is 1. The molecule has 0 amide bonds. The van der Waals surface area contributed by atoms with Gasteiger partial charge in [-0.1, -0.05) is 6.92 Å². The van der Waals surface area contributed by atoms with Gasteiger partial charge in [-0.25, -0.2) is 4.52 Å². The zero-order chi connectivity index (χ0) is 12.3. The summed E-state index contributed by atoms with van der Waals surface area (Å²) >= 11 is 0. The standard InChI is InChI=1S/C12H18N4O/c1-4-10(8-17-3)13-12-14-11-7-9(2)5-6-16(11)15-12/h5-7,10H,4,8H2,1-3H3,(H,13,15). The zero-order valence-corrected chi connectivity index (χ0v) is 10.5. The first kappa shape index (κ1) is 11.9. The van der Waals surface area contributed by atoms with Crippen LogP contribution < -0.4 is 5.32 Å². The highest BCUT2D eigenvalue weighted by molar-refractivity contribution is 5.45. The van der Waals surface area contributed by atoms with Gasteiger partial charge in [-0.15, -0.1) is 5.10 Å². The van der Waals surface area contributed by atoms with Crippen LogP contribution in [0.3, 0.4) is 0 Å². The number of nitrogens with zero attached hydrogens (tertiary/aromatic N) is 3. The smallest absolute Gasteiger partial charge is 0.243 e. The molecular formula is C12H18N4O. The van der Waals surface area contributed by atoms with Crippen molar-refractivity contribution in [2.45, 2.75) is 26.3 Å². The molecule has 5 nitrogen and oxygen atoms in total. The molecule has 0 aliphatic carbocycles. The van der Waals surface area contributed by atoms with Crippen LogP contribution >= 0.6 is 0 Å². The van der Waals surface area contributed by atoms with Gasteiger partial charge in [0, 0.05) is 13.3 Å². The van der Waals surface area contributed by atoms with Gasteiger partial charge in [0.05, 0.1) is 12.6 Å². The number of methoxy groups -OCH3 is 1. The van der Waals surface area contributed by atoms with Crippen molar-refractivity contribution in [3.05, 3.63) is 23.9 Å². The van der Waals surface area contributed by atoms with Crippen molar-refractivity contribution in [3.63, 3.8) is 0 Å². The van der Waals surface area contributed by atoms with Crippen LogP contribution in [-0.2, 0) is 4.74 Å². The molecule has 1 atom stereocenters. The van der Waals surface area contributed by atoms with E-state index in [0.717, 1.165) is 12.1 Å². The molecule has 0 aromatic carbocycles. The van der Waals surface area contributed by atoms with Crippen LogP contribution in [0.2, 0.25) is 0 Å². The predicted octanol–water partition coefficient (Wildman–Crippen LogP) is 1.87. The van der Waals surface area contributed by atoms with E-state index in [-0.39, 0.29) is 6.04 Å². The van der Waals surface area contributed by atoms with Crippen molar-refractivity contribution in [1.29, 1.82) is 0 Å². The lowest BCUT2D eigenvalue weighted by Gasteiger charge is -2.13. The van der Waals surface area contributed by atoms with Gasteiger partial charge >= 0.3 is 0 Å². The van der Waals surface area contributed by atoms with Gasteiger partial charge in [-0.3, -0.25) is 0 Å². The van der Waals surface area contributed by atoms with Gasteiger partial charge in [-0.05, 0) is 31.0 Å². The van der Waals surface area contributed by atoms with Gasteiger partial charge in [0.1, 0.15) is 0 Å². The molecule has 0 saturated heterocycles. The molecule has 2 rings (SSSR count). The molecule has 0 spiro atoms. The largest absolute Gasteiger partial charge is 0.383 e. The predicted molar refractivity (Wildman–Crippen MR) is 67.3 cm³/mol. The quantitative estimate of drug-likeness (QED) is 0.858. The Morgan fingerprint density at radius 3 is 3.06 bits per heavy atom. The van der Waals surface area contributed by atoms with E-state index in [1.165, 1.54) is 5.56 Å². The third-order valence-electron chi connectivity index (χ3n) is 2.69. The Kier molecular flexibility index (Phi) is 3.58. The first-order valence-electron chi connectivity index (χ1n) is 5.81. The molecule has 2 heterocycles. The lowest BCUT2D eigenvalue weighted by Crippen LogP contribution is -2.24. The second-order valence-corrected chi connectivity index (χ2v) is 4.15. The SMILES string of the molecule is CCC(COC)Nc1nc2cc(C)ccn2n1. The van der Waals surface area contributed by atoms with Gasteiger partial charge in [0.25, 0.3) is 0 Å². The van der Waals surface area contributed by atoms with Crippen LogP contribution in [0.4, 0.5) is 5.95 Å². The Hall–Kier alpha value is -1.62. The first-order valence-corrected chi connectivity index (χ1v) is 5.81. The van der Waals surface area contributed by atoms with Gasteiger partial charge in [0.15, 0.2) is 5.65 Å². The molecule has 2 aromatic heterocycles. The summed E-state index contributed by atoms with van der Waals surface area (Å²) in [6, 6.07) is 4.27. The number of aromatic nitrogens is 3. The molecule has 2 aromatic rings. The highest BCUT2D eigenvalue weighted by atomic mass is 16.5. The molecule has 0 bridgehead atoms. The van der Waals surface area contributed by atoms with Crippen LogP contribution in [0, 0.1) is 6.92 Å². The van der Waals surface area contributed by atoms with Crippen molar-refractivity contribution >= 4 is 11.6 Å². The summed E-state index contributed by atoms with van der Waals surface area (Å²) in [4.78, 5) is 4.43. The Morgan fingerprint density at radius 1 is 1.53 bits per heavy atom. The summed E-state index contributed by atoms with van der Waals surface area (Å²) in [7, 11) is 1.70. The Bertz CT molecular complexity index is 494. The van der Waals surface area contributed by atoms with E-state index in [9.17, 15) is 0 Å². The van der Waals surface area contributed by atoms with Crippen LogP contribution in [0.25, 0.3) is 5.65 Å². The summed E-state index contributed by atoms with van der Waals surface area (Å²) in [5, 5.41) is 7.63. The van der Waals surface area contributed by atoms with Crippen LogP contribution in [0.5, 0.6) is 0 Å². The number of hydrogen-bond acceptors (Lipinski definition) is 4. The number of rotatable bonds is 5. The minimum atomic E-state index is 0.249. The van der Waals surface area contributed by atoms with E-state index >= 15 is 0 Å². The Labute approximate surface area is 101 Å². The average Bonchev–Trinajstić information content (AvgIpc) is 2.69. The molecule has 0 aliphatic heterocycles. The first-order chi connectivity index (χ1) is 8.22. The number of aryl methyl sites for hydroxylation is 1. The van der Waals surface area contributed by atoms with E-state index in [0.29, 0.717) is 12.6 Å². The fraction of sp³-hybridized carbons (Fsp3) is 0.500. The van der Waals surface area contributed by atoms with Crippen molar-refractivity contribution in [2.24, 2.45) is 0 Å². The van der Waals surface area contributed by atoms with Crippen LogP contribution in [-0.4, -0.2) is 34.4 Å². The Balaban J connectivity index is 2.18.